The number of hydrogen-bond acceptors (Lipinski definition) is 2. The van der Waals surface area contributed by atoms with Crippen LogP contribution in [0.5, 0.6) is 0 Å². The van der Waals surface area contributed by atoms with Crippen molar-refractivity contribution in [1.82, 2.24) is 10.2 Å². The van der Waals surface area contributed by atoms with Crippen molar-refractivity contribution < 1.29 is 0 Å². The molecular weight excluding hydrogens is 232 g/mol. The lowest BCUT2D eigenvalue weighted by atomic mass is 9.68. The minimum atomic E-state index is 0.500. The van der Waals surface area contributed by atoms with Crippen molar-refractivity contribution in [2.75, 3.05) is 13.6 Å². The normalized spacial score (nSPS) is 49.7. The third kappa shape index (κ3) is 2.15. The molecule has 1 N–H and O–H groups in total. The minimum Gasteiger partial charge on any atom is -0.310 e. The fourth-order valence-electron chi connectivity index (χ4n) is 5.39. The average Bonchev–Trinajstić information content (AvgIpc) is 2.80. The van der Waals surface area contributed by atoms with Crippen LogP contribution in [0.1, 0.15) is 59.8 Å². The molecule has 5 atom stereocenters. The molecule has 110 valence electrons. The van der Waals surface area contributed by atoms with Gasteiger partial charge in [0.2, 0.25) is 0 Å². The van der Waals surface area contributed by atoms with Gasteiger partial charge in [-0.1, -0.05) is 20.8 Å². The van der Waals surface area contributed by atoms with Gasteiger partial charge in [-0.3, -0.25) is 0 Å². The summed E-state index contributed by atoms with van der Waals surface area (Å²) in [6.45, 7) is 11.2. The summed E-state index contributed by atoms with van der Waals surface area (Å²) in [5.74, 6) is 0.957. The van der Waals surface area contributed by atoms with Crippen LogP contribution in [0.2, 0.25) is 0 Å². The van der Waals surface area contributed by atoms with E-state index in [0.29, 0.717) is 10.8 Å². The number of fused-ring (bicyclic) bond motifs is 2. The predicted octanol–water partition coefficient (Wildman–Crippen LogP) is 3.27. The second-order valence-electron chi connectivity index (χ2n) is 8.57. The molecule has 2 aliphatic carbocycles. The monoisotopic (exact) mass is 264 g/mol. The summed E-state index contributed by atoms with van der Waals surface area (Å²) in [5, 5.41) is 4.10. The lowest BCUT2D eigenvalue weighted by Crippen LogP contribution is -2.56. The molecule has 0 spiro atoms. The first-order valence-electron chi connectivity index (χ1n) is 8.29. The van der Waals surface area contributed by atoms with Crippen molar-refractivity contribution in [1.29, 1.82) is 0 Å². The second kappa shape index (κ2) is 4.46. The average molecular weight is 264 g/mol. The van der Waals surface area contributed by atoms with E-state index < -0.39 is 0 Å². The molecule has 1 heterocycles. The lowest BCUT2D eigenvalue weighted by molar-refractivity contribution is 0.0769. The van der Waals surface area contributed by atoms with Gasteiger partial charge in [-0.05, 0) is 69.4 Å². The number of nitrogens with one attached hydrogen (secondary N) is 1. The first-order chi connectivity index (χ1) is 8.83. The van der Waals surface area contributed by atoms with E-state index in [0.717, 1.165) is 24.0 Å². The van der Waals surface area contributed by atoms with E-state index in [1.165, 1.54) is 38.6 Å². The summed E-state index contributed by atoms with van der Waals surface area (Å²) in [6, 6.07) is 2.21. The van der Waals surface area contributed by atoms with Crippen LogP contribution in [0, 0.1) is 16.7 Å². The molecule has 2 saturated carbocycles. The Labute approximate surface area is 119 Å². The maximum Gasteiger partial charge on any atom is 0.0177 e. The molecule has 0 aromatic heterocycles. The molecule has 0 amide bonds. The highest BCUT2D eigenvalue weighted by molar-refractivity contribution is 5.12. The summed E-state index contributed by atoms with van der Waals surface area (Å²) in [6.07, 6.45) is 7.02. The third-order valence-corrected chi connectivity index (χ3v) is 6.88. The van der Waals surface area contributed by atoms with Crippen molar-refractivity contribution in [2.45, 2.75) is 77.9 Å². The van der Waals surface area contributed by atoms with E-state index in [4.69, 9.17) is 0 Å². The number of hydrogen-bond donors (Lipinski definition) is 1. The third-order valence-electron chi connectivity index (χ3n) is 6.88. The van der Waals surface area contributed by atoms with Gasteiger partial charge >= 0.3 is 0 Å². The van der Waals surface area contributed by atoms with Crippen molar-refractivity contribution >= 4 is 0 Å². The Kier molecular flexibility index (Phi) is 3.26. The molecule has 0 aromatic carbocycles. The molecule has 1 saturated heterocycles. The Morgan fingerprint density at radius 3 is 2.47 bits per heavy atom. The lowest BCUT2D eigenvalue weighted by Gasteiger charge is -2.47. The smallest absolute Gasteiger partial charge is 0.0177 e. The zero-order chi connectivity index (χ0) is 13.8. The Morgan fingerprint density at radius 1 is 1.16 bits per heavy atom. The van der Waals surface area contributed by atoms with Gasteiger partial charge in [0.1, 0.15) is 0 Å². The van der Waals surface area contributed by atoms with E-state index in [9.17, 15) is 0 Å². The number of rotatable bonds is 2. The summed E-state index contributed by atoms with van der Waals surface area (Å²) in [4.78, 5) is 2.51. The van der Waals surface area contributed by atoms with Gasteiger partial charge in [-0.25, -0.2) is 0 Å². The van der Waals surface area contributed by atoms with E-state index in [1.54, 1.807) is 0 Å². The largest absolute Gasteiger partial charge is 0.310 e. The van der Waals surface area contributed by atoms with E-state index in [2.05, 4.69) is 45.0 Å². The number of piperidine rings is 1. The SMILES string of the molecule is CC1CC(NC2C(C)(C)[C@H]3CC[C@]2(C)C3)CCN1C. The highest BCUT2D eigenvalue weighted by Crippen LogP contribution is 2.62. The summed E-state index contributed by atoms with van der Waals surface area (Å²) in [5.41, 5.74) is 1.07. The van der Waals surface area contributed by atoms with Gasteiger partial charge in [-0.15, -0.1) is 0 Å². The van der Waals surface area contributed by atoms with Crippen LogP contribution >= 0.6 is 0 Å². The predicted molar refractivity (Wildman–Crippen MR) is 81.3 cm³/mol. The summed E-state index contributed by atoms with van der Waals surface area (Å²) >= 11 is 0. The Morgan fingerprint density at radius 2 is 1.89 bits per heavy atom. The van der Waals surface area contributed by atoms with Crippen LogP contribution in [0.4, 0.5) is 0 Å². The molecule has 19 heavy (non-hydrogen) atoms. The van der Waals surface area contributed by atoms with Crippen LogP contribution < -0.4 is 5.32 Å². The Hall–Kier alpha value is -0.0800. The fourth-order valence-corrected chi connectivity index (χ4v) is 5.39. The highest BCUT2D eigenvalue weighted by Gasteiger charge is 2.59. The summed E-state index contributed by atoms with van der Waals surface area (Å²) < 4.78 is 0. The van der Waals surface area contributed by atoms with Crippen molar-refractivity contribution in [3.05, 3.63) is 0 Å². The van der Waals surface area contributed by atoms with Gasteiger partial charge in [-0.2, -0.15) is 0 Å². The Bertz CT molecular complexity index is 346. The van der Waals surface area contributed by atoms with E-state index in [1.807, 2.05) is 0 Å². The molecule has 2 heteroatoms. The number of likely N-dealkylation sites (tertiary alicyclic amines) is 1. The summed E-state index contributed by atoms with van der Waals surface area (Å²) in [7, 11) is 2.27. The fraction of sp³-hybridized carbons (Fsp3) is 1.00. The number of nitrogens with zero attached hydrogens (tertiary/aromatic N) is 1. The Balaban J connectivity index is 1.69. The zero-order valence-corrected chi connectivity index (χ0v) is 13.5. The van der Waals surface area contributed by atoms with Crippen LogP contribution in [0.25, 0.3) is 0 Å². The van der Waals surface area contributed by atoms with E-state index in [-0.39, 0.29) is 0 Å². The van der Waals surface area contributed by atoms with Gasteiger partial charge in [0.05, 0.1) is 0 Å². The standard InChI is InChI=1S/C17H32N2/c1-12-10-14(7-9-19(12)5)18-15-16(2,3)13-6-8-17(15,4)11-13/h12-15,18H,6-11H2,1-5H3/t12?,13-,14?,15?,17+/m0/s1. The van der Waals surface area contributed by atoms with Crippen LogP contribution in [-0.4, -0.2) is 36.6 Å². The molecule has 2 bridgehead atoms. The van der Waals surface area contributed by atoms with Gasteiger partial charge in [0, 0.05) is 18.1 Å². The van der Waals surface area contributed by atoms with Crippen LogP contribution in [0.3, 0.4) is 0 Å². The van der Waals surface area contributed by atoms with Crippen LogP contribution in [-0.2, 0) is 0 Å². The van der Waals surface area contributed by atoms with Gasteiger partial charge in [0.15, 0.2) is 0 Å². The minimum absolute atomic E-state index is 0.500. The molecule has 3 rings (SSSR count). The maximum atomic E-state index is 4.10. The first kappa shape index (κ1) is 13.9. The van der Waals surface area contributed by atoms with Crippen LogP contribution in [0.15, 0.2) is 0 Å². The highest BCUT2D eigenvalue weighted by atomic mass is 15.2. The molecule has 0 aromatic rings. The van der Waals surface area contributed by atoms with E-state index >= 15 is 0 Å². The quantitative estimate of drug-likeness (QED) is 0.823. The van der Waals surface area contributed by atoms with Gasteiger partial charge in [0.25, 0.3) is 0 Å². The van der Waals surface area contributed by atoms with Crippen molar-refractivity contribution in [2.24, 2.45) is 16.7 Å². The molecule has 3 aliphatic rings. The molecule has 3 unspecified atom stereocenters. The molecule has 1 aliphatic heterocycles. The maximum absolute atomic E-state index is 4.10. The van der Waals surface area contributed by atoms with Gasteiger partial charge < -0.3 is 10.2 Å². The van der Waals surface area contributed by atoms with Crippen molar-refractivity contribution in [3.63, 3.8) is 0 Å². The van der Waals surface area contributed by atoms with Crippen molar-refractivity contribution in [3.8, 4) is 0 Å². The first-order valence-corrected chi connectivity index (χ1v) is 8.29. The molecular formula is C17H32N2. The molecule has 0 radical (unpaired) electrons. The molecule has 3 fully saturated rings. The zero-order valence-electron chi connectivity index (χ0n) is 13.5. The topological polar surface area (TPSA) is 15.3 Å². The molecule has 2 nitrogen and oxygen atoms in total. The second-order valence-corrected chi connectivity index (χ2v) is 8.57.